The van der Waals surface area contributed by atoms with Gasteiger partial charge in [-0.25, -0.2) is 0 Å². The van der Waals surface area contributed by atoms with Crippen LogP contribution in [0.2, 0.25) is 5.02 Å². The van der Waals surface area contributed by atoms with Crippen molar-refractivity contribution in [2.75, 3.05) is 0 Å². The van der Waals surface area contributed by atoms with E-state index in [9.17, 15) is 5.11 Å². The number of benzene rings is 1. The van der Waals surface area contributed by atoms with Crippen LogP contribution in [-0.2, 0) is 13.0 Å². The number of nitrogens with zero attached hydrogens (tertiary/aromatic N) is 2. The van der Waals surface area contributed by atoms with E-state index >= 15 is 0 Å². The van der Waals surface area contributed by atoms with Gasteiger partial charge in [0.05, 0.1) is 6.10 Å². The Morgan fingerprint density at radius 1 is 1.45 bits per heavy atom. The van der Waals surface area contributed by atoms with Crippen molar-refractivity contribution in [2.24, 2.45) is 0 Å². The molecule has 0 fully saturated rings. The van der Waals surface area contributed by atoms with Gasteiger partial charge in [0.1, 0.15) is 5.75 Å². The number of rotatable bonds is 6. The first kappa shape index (κ1) is 14.8. The lowest BCUT2D eigenvalue weighted by Gasteiger charge is -2.12. The predicted octanol–water partition coefficient (Wildman–Crippen LogP) is 3.31. The van der Waals surface area contributed by atoms with Gasteiger partial charge in [0.15, 0.2) is 12.4 Å². The van der Waals surface area contributed by atoms with E-state index in [2.05, 4.69) is 17.1 Å². The summed E-state index contributed by atoms with van der Waals surface area (Å²) in [4.78, 5) is 4.22. The monoisotopic (exact) mass is 296 g/mol. The molecule has 1 N–H and O–H groups in total. The van der Waals surface area contributed by atoms with Gasteiger partial charge >= 0.3 is 0 Å². The Bertz CT molecular complexity index is 569. The molecule has 1 atom stereocenters. The van der Waals surface area contributed by atoms with Crippen LogP contribution < -0.4 is 4.74 Å². The fraction of sp³-hybridized carbons (Fsp3) is 0.429. The van der Waals surface area contributed by atoms with Crippen LogP contribution in [0.5, 0.6) is 5.75 Å². The van der Waals surface area contributed by atoms with Crippen molar-refractivity contribution in [3.8, 4) is 5.75 Å². The van der Waals surface area contributed by atoms with E-state index in [0.29, 0.717) is 28.1 Å². The maximum atomic E-state index is 9.71. The van der Waals surface area contributed by atoms with Crippen LogP contribution in [0.1, 0.15) is 43.7 Å². The largest absolute Gasteiger partial charge is 0.483 e. The number of hydrogen-bond donors (Lipinski definition) is 1. The van der Waals surface area contributed by atoms with Crippen molar-refractivity contribution < 1.29 is 14.4 Å². The van der Waals surface area contributed by atoms with Crippen LogP contribution in [0.25, 0.3) is 0 Å². The molecule has 6 heteroatoms. The zero-order valence-corrected chi connectivity index (χ0v) is 12.2. The highest BCUT2D eigenvalue weighted by molar-refractivity contribution is 6.30. The van der Waals surface area contributed by atoms with Crippen LogP contribution in [0.3, 0.4) is 0 Å². The fourth-order valence-electron chi connectivity index (χ4n) is 1.79. The summed E-state index contributed by atoms with van der Waals surface area (Å²) in [6, 6.07) is 5.10. The Labute approximate surface area is 122 Å². The van der Waals surface area contributed by atoms with E-state index in [0.717, 1.165) is 12.8 Å². The van der Waals surface area contributed by atoms with Crippen LogP contribution in [0.15, 0.2) is 22.7 Å². The number of halogens is 1. The summed E-state index contributed by atoms with van der Waals surface area (Å²) in [5, 5.41) is 14.1. The van der Waals surface area contributed by atoms with E-state index in [1.807, 2.05) is 0 Å². The van der Waals surface area contributed by atoms with E-state index in [1.165, 1.54) is 0 Å². The van der Waals surface area contributed by atoms with Gasteiger partial charge in [0, 0.05) is 17.0 Å². The van der Waals surface area contributed by atoms with Gasteiger partial charge in [-0.05, 0) is 31.5 Å². The molecule has 0 spiro atoms. The SMILES string of the molecule is CCCc1noc(COc2ccc(Cl)cc2[C@H](C)O)n1. The first-order valence-corrected chi connectivity index (χ1v) is 6.89. The number of hydrogen-bond acceptors (Lipinski definition) is 5. The number of aromatic nitrogens is 2. The van der Waals surface area contributed by atoms with Crippen molar-refractivity contribution in [1.82, 2.24) is 10.1 Å². The summed E-state index contributed by atoms with van der Waals surface area (Å²) in [5.74, 6) is 1.65. The summed E-state index contributed by atoms with van der Waals surface area (Å²) in [7, 11) is 0. The Kier molecular flexibility index (Phi) is 4.98. The lowest BCUT2D eigenvalue weighted by atomic mass is 10.1. The zero-order chi connectivity index (χ0) is 14.5. The molecule has 0 aliphatic rings. The molecule has 2 aromatic rings. The molecule has 0 unspecified atom stereocenters. The molecule has 20 heavy (non-hydrogen) atoms. The molecule has 0 bridgehead atoms. The normalized spacial score (nSPS) is 12.4. The van der Waals surface area contributed by atoms with Gasteiger partial charge in [-0.15, -0.1) is 0 Å². The first-order valence-electron chi connectivity index (χ1n) is 6.52. The third kappa shape index (κ3) is 3.71. The minimum absolute atomic E-state index is 0.165. The number of ether oxygens (including phenoxy) is 1. The highest BCUT2D eigenvalue weighted by Crippen LogP contribution is 2.28. The van der Waals surface area contributed by atoms with Crippen LogP contribution in [-0.4, -0.2) is 15.2 Å². The van der Waals surface area contributed by atoms with Crippen molar-refractivity contribution in [3.05, 3.63) is 40.5 Å². The van der Waals surface area contributed by atoms with Crippen molar-refractivity contribution >= 4 is 11.6 Å². The summed E-state index contributed by atoms with van der Waals surface area (Å²) >= 11 is 5.91. The topological polar surface area (TPSA) is 68.4 Å². The molecule has 108 valence electrons. The molecule has 0 aliphatic carbocycles. The van der Waals surface area contributed by atoms with Gasteiger partial charge < -0.3 is 14.4 Å². The molecule has 1 heterocycles. The van der Waals surface area contributed by atoms with E-state index < -0.39 is 6.10 Å². The van der Waals surface area contributed by atoms with Crippen molar-refractivity contribution in [2.45, 2.75) is 39.4 Å². The lowest BCUT2D eigenvalue weighted by Crippen LogP contribution is -2.01. The lowest BCUT2D eigenvalue weighted by molar-refractivity contribution is 0.185. The van der Waals surface area contributed by atoms with Gasteiger partial charge in [-0.2, -0.15) is 4.98 Å². The quantitative estimate of drug-likeness (QED) is 0.885. The molecule has 5 nitrogen and oxygen atoms in total. The third-order valence-electron chi connectivity index (χ3n) is 2.76. The number of aliphatic hydroxyl groups excluding tert-OH is 1. The highest BCUT2D eigenvalue weighted by Gasteiger charge is 2.12. The molecular weight excluding hydrogens is 280 g/mol. The average Bonchev–Trinajstić information content (AvgIpc) is 2.85. The molecule has 1 aromatic carbocycles. The molecule has 0 aliphatic heterocycles. The fourth-order valence-corrected chi connectivity index (χ4v) is 1.97. The Morgan fingerprint density at radius 2 is 2.25 bits per heavy atom. The van der Waals surface area contributed by atoms with E-state index in [4.69, 9.17) is 20.9 Å². The minimum Gasteiger partial charge on any atom is -0.483 e. The zero-order valence-electron chi connectivity index (χ0n) is 11.5. The first-order chi connectivity index (χ1) is 9.60. The summed E-state index contributed by atoms with van der Waals surface area (Å²) in [6.45, 7) is 3.87. The second kappa shape index (κ2) is 6.72. The molecule has 0 saturated carbocycles. The van der Waals surface area contributed by atoms with Gasteiger partial charge in [0.2, 0.25) is 0 Å². The van der Waals surface area contributed by atoms with Crippen molar-refractivity contribution in [1.29, 1.82) is 0 Å². The molecular formula is C14H17ClN2O3. The van der Waals surface area contributed by atoms with Gasteiger partial charge in [-0.1, -0.05) is 23.7 Å². The summed E-state index contributed by atoms with van der Waals surface area (Å²) < 4.78 is 10.7. The van der Waals surface area contributed by atoms with Crippen LogP contribution in [0, 0.1) is 0 Å². The molecule has 2 rings (SSSR count). The standard InChI is InChI=1S/C14H17ClN2O3/c1-3-4-13-16-14(20-17-13)8-19-12-6-5-10(15)7-11(12)9(2)18/h5-7,9,18H,3-4,8H2,1-2H3/t9-/m0/s1. The summed E-state index contributed by atoms with van der Waals surface area (Å²) in [5.41, 5.74) is 0.630. The molecule has 0 saturated heterocycles. The smallest absolute Gasteiger partial charge is 0.264 e. The second-order valence-corrected chi connectivity index (χ2v) is 4.94. The highest BCUT2D eigenvalue weighted by atomic mass is 35.5. The van der Waals surface area contributed by atoms with Crippen LogP contribution >= 0.6 is 11.6 Å². The van der Waals surface area contributed by atoms with Crippen LogP contribution in [0.4, 0.5) is 0 Å². The predicted molar refractivity (Wildman–Crippen MR) is 74.7 cm³/mol. The molecule has 0 amide bonds. The maximum absolute atomic E-state index is 9.71. The van der Waals surface area contributed by atoms with E-state index in [1.54, 1.807) is 25.1 Å². The van der Waals surface area contributed by atoms with Gasteiger partial charge in [-0.3, -0.25) is 0 Å². The average molecular weight is 297 g/mol. The second-order valence-electron chi connectivity index (χ2n) is 4.50. The Morgan fingerprint density at radius 3 is 2.95 bits per heavy atom. The van der Waals surface area contributed by atoms with E-state index in [-0.39, 0.29) is 6.61 Å². The third-order valence-corrected chi connectivity index (χ3v) is 2.99. The molecule has 1 aromatic heterocycles. The van der Waals surface area contributed by atoms with Gasteiger partial charge in [0.25, 0.3) is 5.89 Å². The number of aryl methyl sites for hydroxylation is 1. The minimum atomic E-state index is -0.665. The summed E-state index contributed by atoms with van der Waals surface area (Å²) in [6.07, 6.45) is 1.08. The Hall–Kier alpha value is -1.59. The maximum Gasteiger partial charge on any atom is 0.264 e. The number of aliphatic hydroxyl groups is 1. The van der Waals surface area contributed by atoms with Crippen molar-refractivity contribution in [3.63, 3.8) is 0 Å². The molecule has 0 radical (unpaired) electrons. The Balaban J connectivity index is 2.06.